The van der Waals surface area contributed by atoms with Gasteiger partial charge in [0.05, 0.1) is 11.5 Å². The van der Waals surface area contributed by atoms with Crippen LogP contribution in [0.3, 0.4) is 0 Å². The Labute approximate surface area is 179 Å². The second-order valence-electron chi connectivity index (χ2n) is 7.66. The van der Waals surface area contributed by atoms with E-state index < -0.39 is 10.0 Å². The number of ether oxygens (including phenoxy) is 1. The van der Waals surface area contributed by atoms with Crippen molar-refractivity contribution in [3.8, 4) is 0 Å². The third kappa shape index (κ3) is 4.74. The second kappa shape index (κ2) is 9.73. The Hall–Kier alpha value is -2.22. The Morgan fingerprint density at radius 1 is 1.03 bits per heavy atom. The topological polar surface area (TPSA) is 66.9 Å². The minimum absolute atomic E-state index is 0.0856. The number of amides is 1. The van der Waals surface area contributed by atoms with Crippen LogP contribution in [0.1, 0.15) is 47.7 Å². The fraction of sp³-hybridized carbons (Fsp3) is 0.435. The maximum absolute atomic E-state index is 13.0. The van der Waals surface area contributed by atoms with E-state index in [2.05, 4.69) is 13.8 Å². The highest BCUT2D eigenvalue weighted by molar-refractivity contribution is 7.89. The molecule has 0 bridgehead atoms. The van der Waals surface area contributed by atoms with Crippen LogP contribution < -0.4 is 0 Å². The molecule has 1 aliphatic rings. The molecule has 2 aromatic rings. The molecular formula is C23H30N2O4S. The number of benzene rings is 2. The van der Waals surface area contributed by atoms with Crippen molar-refractivity contribution in [2.75, 3.05) is 33.3 Å². The third-order valence-corrected chi connectivity index (χ3v) is 7.69. The highest BCUT2D eigenvalue weighted by Crippen LogP contribution is 2.23. The lowest BCUT2D eigenvalue weighted by Crippen LogP contribution is -2.50. The minimum atomic E-state index is -3.57. The Bertz CT molecular complexity index is 965. The molecule has 30 heavy (non-hydrogen) atoms. The monoisotopic (exact) mass is 430 g/mol. The Morgan fingerprint density at radius 3 is 2.27 bits per heavy atom. The van der Waals surface area contributed by atoms with E-state index >= 15 is 0 Å². The average Bonchev–Trinajstić information content (AvgIpc) is 2.79. The fourth-order valence-electron chi connectivity index (χ4n) is 3.67. The lowest BCUT2D eigenvalue weighted by Gasteiger charge is -2.34. The first kappa shape index (κ1) is 22.5. The van der Waals surface area contributed by atoms with E-state index in [-0.39, 0.29) is 19.0 Å². The van der Waals surface area contributed by atoms with Gasteiger partial charge in [-0.05, 0) is 41.7 Å². The maximum Gasteiger partial charge on any atom is 0.254 e. The zero-order chi connectivity index (χ0) is 21.7. The molecule has 0 aliphatic carbocycles. The highest BCUT2D eigenvalue weighted by Gasteiger charge is 2.31. The molecule has 0 saturated carbocycles. The summed E-state index contributed by atoms with van der Waals surface area (Å²) in [6.45, 7) is 5.91. The van der Waals surface area contributed by atoms with E-state index in [9.17, 15) is 13.2 Å². The molecule has 0 aromatic heterocycles. The molecule has 1 unspecified atom stereocenters. The Kier molecular flexibility index (Phi) is 7.28. The van der Waals surface area contributed by atoms with Crippen LogP contribution in [0.4, 0.5) is 0 Å². The molecule has 1 fully saturated rings. The lowest BCUT2D eigenvalue weighted by molar-refractivity contribution is 0.0693. The molecule has 1 atom stereocenters. The summed E-state index contributed by atoms with van der Waals surface area (Å²) in [6, 6.07) is 14.5. The average molecular weight is 431 g/mol. The molecule has 0 radical (unpaired) electrons. The van der Waals surface area contributed by atoms with Crippen molar-refractivity contribution < 1.29 is 17.9 Å². The lowest BCUT2D eigenvalue weighted by atomic mass is 9.99. The van der Waals surface area contributed by atoms with E-state index in [1.807, 2.05) is 30.3 Å². The first-order valence-electron chi connectivity index (χ1n) is 10.3. The number of rotatable bonds is 7. The highest BCUT2D eigenvalue weighted by atomic mass is 32.2. The van der Waals surface area contributed by atoms with Gasteiger partial charge in [-0.2, -0.15) is 4.31 Å². The largest absolute Gasteiger partial charge is 0.380 e. The number of hydrogen-bond acceptors (Lipinski definition) is 4. The number of hydrogen-bond donors (Lipinski definition) is 0. The van der Waals surface area contributed by atoms with E-state index in [1.165, 1.54) is 4.31 Å². The van der Waals surface area contributed by atoms with Crippen molar-refractivity contribution in [2.45, 2.75) is 37.7 Å². The third-order valence-electron chi connectivity index (χ3n) is 5.77. The summed E-state index contributed by atoms with van der Waals surface area (Å²) >= 11 is 0. The van der Waals surface area contributed by atoms with Gasteiger partial charge < -0.3 is 9.64 Å². The van der Waals surface area contributed by atoms with Crippen LogP contribution in [-0.4, -0.2) is 56.8 Å². The summed E-state index contributed by atoms with van der Waals surface area (Å²) in [5.74, 6) is 0.315. The van der Waals surface area contributed by atoms with Crippen molar-refractivity contribution in [2.24, 2.45) is 0 Å². The molecule has 6 nitrogen and oxygen atoms in total. The molecule has 0 N–H and O–H groups in total. The Morgan fingerprint density at radius 2 is 1.67 bits per heavy atom. The van der Waals surface area contributed by atoms with Gasteiger partial charge in [0, 0.05) is 38.9 Å². The smallest absolute Gasteiger partial charge is 0.254 e. The first-order valence-corrected chi connectivity index (χ1v) is 11.8. The summed E-state index contributed by atoms with van der Waals surface area (Å²) in [6.07, 6.45) is 1.01. The van der Waals surface area contributed by atoms with Gasteiger partial charge in [0.2, 0.25) is 10.0 Å². The van der Waals surface area contributed by atoms with Gasteiger partial charge in [-0.25, -0.2) is 8.42 Å². The van der Waals surface area contributed by atoms with E-state index in [1.54, 1.807) is 30.2 Å². The van der Waals surface area contributed by atoms with E-state index in [4.69, 9.17) is 4.74 Å². The number of carbonyl (C=O) groups excluding carboxylic acids is 1. The summed E-state index contributed by atoms with van der Waals surface area (Å²) in [7, 11) is -1.97. The van der Waals surface area contributed by atoms with Crippen molar-refractivity contribution in [3.05, 3.63) is 65.2 Å². The predicted octanol–water partition coefficient (Wildman–Crippen LogP) is 3.49. The molecule has 0 spiro atoms. The van der Waals surface area contributed by atoms with Crippen LogP contribution >= 0.6 is 0 Å². The normalized spacial score (nSPS) is 16.4. The molecule has 1 amide bonds. The van der Waals surface area contributed by atoms with Crippen LogP contribution in [0.2, 0.25) is 0 Å². The van der Waals surface area contributed by atoms with Gasteiger partial charge in [-0.3, -0.25) is 4.79 Å². The predicted molar refractivity (Wildman–Crippen MR) is 117 cm³/mol. The SMILES string of the molecule is CCC(C)c1ccc(S(=O)(=O)N2CCN(C(=O)c3ccccc3COC)CC2)cc1. The Balaban J connectivity index is 1.68. The van der Waals surface area contributed by atoms with Gasteiger partial charge in [-0.15, -0.1) is 0 Å². The van der Waals surface area contributed by atoms with Crippen molar-refractivity contribution in [3.63, 3.8) is 0 Å². The fourth-order valence-corrected chi connectivity index (χ4v) is 5.09. The van der Waals surface area contributed by atoms with Crippen molar-refractivity contribution in [1.82, 2.24) is 9.21 Å². The molecule has 162 valence electrons. The molecule has 1 aliphatic heterocycles. The van der Waals surface area contributed by atoms with Crippen LogP contribution in [0, 0.1) is 0 Å². The molecule has 1 saturated heterocycles. The number of sulfonamides is 1. The molecule has 1 heterocycles. The molecule has 7 heteroatoms. The van der Waals surface area contributed by atoms with Crippen LogP contribution in [-0.2, 0) is 21.4 Å². The quantitative estimate of drug-likeness (QED) is 0.674. The summed E-state index contributed by atoms with van der Waals surface area (Å²) in [4.78, 5) is 15.0. The summed E-state index contributed by atoms with van der Waals surface area (Å²) in [5.41, 5.74) is 2.58. The number of carbonyl (C=O) groups is 1. The zero-order valence-electron chi connectivity index (χ0n) is 17.9. The first-order chi connectivity index (χ1) is 14.4. The van der Waals surface area contributed by atoms with Crippen molar-refractivity contribution >= 4 is 15.9 Å². The number of nitrogens with zero attached hydrogens (tertiary/aromatic N) is 2. The van der Waals surface area contributed by atoms with Gasteiger partial charge in [0.15, 0.2) is 0 Å². The number of piperazine rings is 1. The maximum atomic E-state index is 13.0. The standard InChI is InChI=1S/C23H30N2O4S/c1-4-18(2)19-9-11-21(12-10-19)30(27,28)25-15-13-24(14-16-25)23(26)22-8-6-5-7-20(22)17-29-3/h5-12,18H,4,13-17H2,1-3H3. The van der Waals surface area contributed by atoms with E-state index in [0.29, 0.717) is 36.1 Å². The van der Waals surface area contributed by atoms with E-state index in [0.717, 1.165) is 17.5 Å². The van der Waals surface area contributed by atoms with Gasteiger partial charge >= 0.3 is 0 Å². The second-order valence-corrected chi connectivity index (χ2v) is 9.60. The number of methoxy groups -OCH3 is 1. The molecule has 3 rings (SSSR count). The van der Waals surface area contributed by atoms with Crippen LogP contribution in [0.5, 0.6) is 0 Å². The summed E-state index contributed by atoms with van der Waals surface area (Å²) in [5, 5.41) is 0. The van der Waals surface area contributed by atoms with Crippen LogP contribution in [0.25, 0.3) is 0 Å². The van der Waals surface area contributed by atoms with Crippen molar-refractivity contribution in [1.29, 1.82) is 0 Å². The van der Waals surface area contributed by atoms with Gasteiger partial charge in [0.25, 0.3) is 5.91 Å². The molecular weight excluding hydrogens is 400 g/mol. The zero-order valence-corrected chi connectivity index (χ0v) is 18.7. The summed E-state index contributed by atoms with van der Waals surface area (Å²) < 4.78 is 32.7. The molecule has 2 aromatic carbocycles. The van der Waals surface area contributed by atoms with Crippen LogP contribution in [0.15, 0.2) is 53.4 Å². The minimum Gasteiger partial charge on any atom is -0.380 e. The van der Waals surface area contributed by atoms with Gasteiger partial charge in [0.1, 0.15) is 0 Å². The van der Waals surface area contributed by atoms with Gasteiger partial charge in [-0.1, -0.05) is 44.2 Å².